The van der Waals surface area contributed by atoms with Crippen LogP contribution in [-0.2, 0) is 89.7 Å². The summed E-state index contributed by atoms with van der Waals surface area (Å²) in [5.41, 5.74) is 8.86. The molecule has 8 amide bonds. The van der Waals surface area contributed by atoms with E-state index in [1.54, 1.807) is 96.1 Å². The Kier molecular flexibility index (Phi) is 44.6. The average molecular weight is 1990 g/mol. The monoisotopic (exact) mass is 1990 g/mol. The second kappa shape index (κ2) is 56.4. The van der Waals surface area contributed by atoms with Gasteiger partial charge in [-0.2, -0.15) is 0 Å². The van der Waals surface area contributed by atoms with Crippen molar-refractivity contribution in [3.8, 4) is 92.0 Å². The number of rotatable bonds is 48. The Bertz CT molecular complexity index is 4460. The van der Waals surface area contributed by atoms with Gasteiger partial charge in [-0.15, -0.1) is 0 Å². The molecule has 0 atom stereocenters. The third-order valence-corrected chi connectivity index (χ3v) is 26.2. The second-order valence-corrected chi connectivity index (χ2v) is 34.4. The maximum absolute atomic E-state index is 14.2. The summed E-state index contributed by atoms with van der Waals surface area (Å²) in [6, 6.07) is 29.1. The Labute approximate surface area is 850 Å². The van der Waals surface area contributed by atoms with Gasteiger partial charge in [0.05, 0.1) is 56.9 Å². The van der Waals surface area contributed by atoms with E-state index < -0.39 is 0 Å². The highest BCUT2D eigenvalue weighted by Crippen LogP contribution is 2.47. The normalized spacial score (nSPS) is 11.7. The van der Waals surface area contributed by atoms with Gasteiger partial charge in [-0.3, -0.25) is 38.4 Å². The highest BCUT2D eigenvalue weighted by Gasteiger charge is 2.32. The number of amides is 8. The first kappa shape index (κ1) is 114. The zero-order chi connectivity index (χ0) is 105. The Morgan fingerprint density at radius 1 is 0.160 bits per heavy atom. The third-order valence-electron chi connectivity index (χ3n) is 26.2. The number of hydrogen-bond acceptors (Lipinski definition) is 24. The van der Waals surface area contributed by atoms with Crippen LogP contribution in [0.4, 0.5) is 0 Å². The molecule has 0 radical (unpaired) electrons. The van der Waals surface area contributed by atoms with Crippen LogP contribution in [0.3, 0.4) is 0 Å². The van der Waals surface area contributed by atoms with E-state index in [1.165, 1.54) is 0 Å². The van der Waals surface area contributed by atoms with E-state index in [-0.39, 0.29) is 151 Å². The van der Waals surface area contributed by atoms with Crippen LogP contribution in [-0.4, -0.2) is 301 Å². The van der Waals surface area contributed by atoms with Gasteiger partial charge in [-0.25, -0.2) is 0 Å². The molecule has 1 aliphatic carbocycles. The zero-order valence-corrected chi connectivity index (χ0v) is 89.2. The topological polar surface area (TPSA) is 310 Å². The summed E-state index contributed by atoms with van der Waals surface area (Å²) in [7, 11) is 12.5. The highest BCUT2D eigenvalue weighted by atomic mass is 16.5. The fourth-order valence-electron chi connectivity index (χ4n) is 18.8. The Hall–Kier alpha value is -13.7. The number of carbonyl (C=O) groups is 8. The van der Waals surface area contributed by atoms with E-state index in [1.807, 2.05) is 208 Å². The molecular formula is C112H152N8O24. The van der Waals surface area contributed by atoms with E-state index >= 15 is 0 Å². The Morgan fingerprint density at radius 2 is 0.236 bits per heavy atom. The van der Waals surface area contributed by atoms with E-state index in [9.17, 15) is 38.4 Å². The van der Waals surface area contributed by atoms with Gasteiger partial charge in [-0.05, 0) is 208 Å². The molecule has 0 heterocycles. The second-order valence-electron chi connectivity index (χ2n) is 34.4. The summed E-state index contributed by atoms with van der Waals surface area (Å²) >= 11 is 0. The van der Waals surface area contributed by atoms with Crippen molar-refractivity contribution in [2.24, 2.45) is 0 Å². The van der Waals surface area contributed by atoms with Crippen LogP contribution < -0.4 is 75.8 Å². The van der Waals surface area contributed by atoms with Gasteiger partial charge < -0.3 is 115 Å². The Balaban J connectivity index is 1.47. The van der Waals surface area contributed by atoms with Crippen LogP contribution in [0.15, 0.2) is 97.1 Å². The van der Waals surface area contributed by atoms with Crippen LogP contribution >= 0.6 is 0 Å². The van der Waals surface area contributed by atoms with Gasteiger partial charge in [0.25, 0.3) is 47.3 Å². The molecule has 0 N–H and O–H groups in total. The number of methoxy groups -OCH3 is 8. The number of likely N-dealkylation sites (N-methyl/N-ethyl adjacent to an activating group) is 8. The number of carbonyl (C=O) groups excluding carboxylic acids is 8. The zero-order valence-electron chi connectivity index (χ0n) is 89.2. The lowest BCUT2D eigenvalue weighted by molar-refractivity contribution is -0.133. The van der Waals surface area contributed by atoms with Crippen molar-refractivity contribution >= 4 is 47.3 Å². The van der Waals surface area contributed by atoms with Crippen molar-refractivity contribution in [1.29, 1.82) is 0 Å². The molecule has 0 saturated heterocycles. The first-order chi connectivity index (χ1) is 69.5. The van der Waals surface area contributed by atoms with Crippen LogP contribution in [0.2, 0.25) is 0 Å². The van der Waals surface area contributed by atoms with Crippen molar-refractivity contribution < 1.29 is 114 Å². The molecule has 0 saturated carbocycles. The van der Waals surface area contributed by atoms with Gasteiger partial charge in [0.1, 0.15) is 92.0 Å². The summed E-state index contributed by atoms with van der Waals surface area (Å²) in [5, 5.41) is 0. The Morgan fingerprint density at radius 3 is 0.299 bits per heavy atom. The number of nitrogens with zero attached hydrogens (tertiary/aromatic N) is 8. The smallest absolute Gasteiger partial charge is 0.260 e. The standard InChI is InChI=1S/C112H152N8O24/c1-25-113(26-2)97(121)65-137-89-49-73-41-75-51-90(138-66-98(122)114(27-3)28-4)53-77(106(75)130-18)43-79-55-92(140-68-100(124)116(31-7)32-8)57-81(108(79)132-20)45-83-59-94(142-70-102(126)118(35-11)36-12)61-85(110(83)134-22)47-87-63-96(144-72-104(128)120(39-15)40-16)64-88(112(87)136-24)48-86-62-95(143-71-103(127)119(37-13)38-14)60-84(111(86)135-23)46-82-58-93(141-69-101(125)117(33-9)34-10)56-80(109(82)133-21)44-78-54-91(139-67-99(123)115(29-5)30-6)52-76(107(78)131-19)42-74(50-89)105(73)129-17/h49-64H,25-48,65-72H2,1-24H3. The summed E-state index contributed by atoms with van der Waals surface area (Å²) in [6.45, 7) is 34.5. The summed E-state index contributed by atoms with van der Waals surface area (Å²) in [4.78, 5) is 127. The minimum absolute atomic E-state index is 0.0243. The van der Waals surface area contributed by atoms with Crippen molar-refractivity contribution in [3.63, 3.8) is 0 Å². The van der Waals surface area contributed by atoms with Gasteiger partial charge in [-0.1, -0.05) is 0 Å². The molecule has 9 rings (SSSR count). The van der Waals surface area contributed by atoms with Gasteiger partial charge in [0, 0.05) is 245 Å². The quantitative estimate of drug-likeness (QED) is 0.0342. The fourth-order valence-corrected chi connectivity index (χ4v) is 18.8. The van der Waals surface area contributed by atoms with Crippen molar-refractivity contribution in [2.45, 2.75) is 162 Å². The van der Waals surface area contributed by atoms with Crippen LogP contribution in [0.25, 0.3) is 0 Å². The lowest BCUT2D eigenvalue weighted by atomic mass is 9.90. The predicted molar refractivity (Wildman–Crippen MR) is 554 cm³/mol. The number of ether oxygens (including phenoxy) is 16. The van der Waals surface area contributed by atoms with Crippen molar-refractivity contribution in [1.82, 2.24) is 39.2 Å². The molecule has 784 valence electrons. The number of fused-ring (bicyclic) bond motifs is 16. The van der Waals surface area contributed by atoms with E-state index in [0.717, 1.165) is 0 Å². The predicted octanol–water partition coefficient (Wildman–Crippen LogP) is 14.8. The van der Waals surface area contributed by atoms with Gasteiger partial charge in [0.2, 0.25) is 0 Å². The van der Waals surface area contributed by atoms with E-state index in [2.05, 4.69) is 0 Å². The van der Waals surface area contributed by atoms with E-state index in [0.29, 0.717) is 286 Å². The molecule has 16 bridgehead atoms. The molecular weight excluding hydrogens is 1840 g/mol. The molecule has 0 spiro atoms. The largest absolute Gasteiger partial charge is 0.496 e. The third kappa shape index (κ3) is 29.3. The minimum Gasteiger partial charge on any atom is -0.496 e. The number of hydrogen-bond donors (Lipinski definition) is 0. The molecule has 32 nitrogen and oxygen atoms in total. The molecule has 32 heteroatoms. The molecule has 8 aromatic rings. The molecule has 0 aromatic heterocycles. The first-order valence-electron chi connectivity index (χ1n) is 50.4. The molecule has 144 heavy (non-hydrogen) atoms. The van der Waals surface area contributed by atoms with Crippen molar-refractivity contribution in [3.05, 3.63) is 186 Å². The number of benzene rings is 8. The van der Waals surface area contributed by atoms with Crippen LogP contribution in [0, 0.1) is 0 Å². The maximum Gasteiger partial charge on any atom is 0.260 e. The highest BCUT2D eigenvalue weighted by molar-refractivity contribution is 5.82. The summed E-state index contributed by atoms with van der Waals surface area (Å²) in [5.74, 6) is 3.45. The lowest BCUT2D eigenvalue weighted by Gasteiger charge is -2.24. The molecule has 0 unspecified atom stereocenters. The van der Waals surface area contributed by atoms with Crippen LogP contribution in [0.1, 0.15) is 200 Å². The lowest BCUT2D eigenvalue weighted by Crippen LogP contribution is -2.34. The van der Waals surface area contributed by atoms with E-state index in [4.69, 9.17) is 75.8 Å². The summed E-state index contributed by atoms with van der Waals surface area (Å²) in [6.07, 6.45) is 0.195. The molecule has 0 aliphatic heterocycles. The average Bonchev–Trinajstić information content (AvgIpc) is 0.778. The minimum atomic E-state index is -0.340. The molecule has 1 aliphatic rings. The first-order valence-corrected chi connectivity index (χ1v) is 50.4. The SMILES string of the molecule is CCN(CC)C(=O)COc1cc2c(OC)c(c1)Cc1cc(OCC(=O)N(CC)CC)cc(c1OC)Cc1cc(OCC(=O)N(CC)CC)cc(c1OC)Cc1cc(OCC(=O)N(CC)CC)cc(c1OC)Cc1cc(OCC(=O)N(CC)CC)cc(c1OC)Cc1cc(OCC(=O)N(CC)CC)cc(c1OC)Cc1cc(OCC(=O)N(CC)CC)cc(c1OC)Cc1cc(OCC(=O)N(CC)CC)cc(c1OC)C2. The summed E-state index contributed by atoms with van der Waals surface area (Å²) < 4.78 is 107. The molecule has 0 fully saturated rings. The van der Waals surface area contributed by atoms with Crippen molar-refractivity contribution in [2.75, 3.05) is 214 Å². The van der Waals surface area contributed by atoms with Gasteiger partial charge in [0.15, 0.2) is 52.9 Å². The van der Waals surface area contributed by atoms with Crippen LogP contribution in [0.5, 0.6) is 92.0 Å². The fraction of sp³-hybridized carbons (Fsp3) is 0.500. The molecule has 8 aromatic carbocycles. The maximum atomic E-state index is 14.2. The van der Waals surface area contributed by atoms with Gasteiger partial charge >= 0.3 is 0 Å².